The lowest BCUT2D eigenvalue weighted by Gasteiger charge is -1.93. The third-order valence-corrected chi connectivity index (χ3v) is 1.93. The Hall–Kier alpha value is -1.23. The van der Waals surface area contributed by atoms with E-state index in [1.54, 1.807) is 28.7 Å². The zero-order valence-electron chi connectivity index (χ0n) is 5.69. The maximum absolute atomic E-state index is 10.3. The first kappa shape index (κ1) is 8.86. The zero-order valence-corrected chi connectivity index (χ0v) is 7.85. The van der Waals surface area contributed by atoms with Gasteiger partial charge < -0.3 is 0 Å². The minimum Gasteiger partial charge on any atom is -0.258 e. The molecule has 1 rings (SSSR count). The van der Waals surface area contributed by atoms with Gasteiger partial charge in [0, 0.05) is 6.07 Å². The molecule has 60 valence electrons. The molecule has 0 unspecified atom stereocenters. The number of hydrogen-bond donors (Lipinski definition) is 0. The summed E-state index contributed by atoms with van der Waals surface area (Å²) >= 11 is 1.72. The third kappa shape index (κ3) is 1.68. The highest BCUT2D eigenvalue weighted by Crippen LogP contribution is 2.17. The van der Waals surface area contributed by atoms with E-state index in [1.807, 2.05) is 0 Å². The first-order valence-corrected chi connectivity index (χ1v) is 3.94. The van der Waals surface area contributed by atoms with E-state index in [0.29, 0.717) is 0 Å². The summed E-state index contributed by atoms with van der Waals surface area (Å²) in [6.45, 7) is 0. The number of pyridine rings is 1. The molecule has 1 heterocycles. The van der Waals surface area contributed by atoms with Gasteiger partial charge >= 0.3 is 5.69 Å². The minimum atomic E-state index is -0.532. The highest BCUT2D eigenvalue weighted by Gasteiger charge is 2.12. The van der Waals surface area contributed by atoms with E-state index in [2.05, 4.69) is 4.98 Å². The van der Waals surface area contributed by atoms with Gasteiger partial charge in [-0.05, 0) is 28.7 Å². The van der Waals surface area contributed by atoms with Crippen LogP contribution in [0.5, 0.6) is 0 Å². The maximum Gasteiger partial charge on any atom is 0.301 e. The normalized spacial score (nSPS) is 9.00. The van der Waals surface area contributed by atoms with Gasteiger partial charge in [-0.1, -0.05) is 0 Å². The quantitative estimate of drug-likeness (QED) is 0.336. The Morgan fingerprint density at radius 3 is 2.75 bits per heavy atom. The molecule has 0 atom stereocenters. The van der Waals surface area contributed by atoms with Gasteiger partial charge in [0.25, 0.3) is 0 Å². The molecule has 1 aromatic heterocycles. The van der Waals surface area contributed by atoms with Gasteiger partial charge in [0.05, 0.1) is 4.92 Å². The van der Waals surface area contributed by atoms with Crippen LogP contribution < -0.4 is 0 Å². The molecule has 12 heavy (non-hydrogen) atoms. The largest absolute Gasteiger partial charge is 0.301 e. The Morgan fingerprint density at radius 2 is 2.33 bits per heavy atom. The summed E-state index contributed by atoms with van der Waals surface area (Å²) in [5, 5.41) is 18.7. The van der Waals surface area contributed by atoms with Crippen LogP contribution >= 0.6 is 22.6 Å². The number of rotatable bonds is 1. The Bertz CT molecular complexity index is 372. The molecule has 0 saturated heterocycles. The van der Waals surface area contributed by atoms with Crippen LogP contribution in [-0.2, 0) is 0 Å². The molecule has 1 aromatic rings. The standard InChI is InChI=1S/C6H2IN3O2/c7-6-5(10(11)12)2-1-4(3-8)9-6/h1-2H. The summed E-state index contributed by atoms with van der Waals surface area (Å²) in [5.74, 6) is 0. The lowest BCUT2D eigenvalue weighted by atomic mass is 10.3. The summed E-state index contributed by atoms with van der Waals surface area (Å²) in [5.41, 5.74) is 0.111. The molecular weight excluding hydrogens is 273 g/mol. The van der Waals surface area contributed by atoms with Crippen molar-refractivity contribution in [2.45, 2.75) is 0 Å². The summed E-state index contributed by atoms with van der Waals surface area (Å²) in [4.78, 5) is 13.5. The predicted octanol–water partition coefficient (Wildman–Crippen LogP) is 1.47. The Balaban J connectivity index is 3.23. The van der Waals surface area contributed by atoms with Gasteiger partial charge in [-0.25, -0.2) is 4.98 Å². The van der Waals surface area contributed by atoms with Gasteiger partial charge in [0.2, 0.25) is 0 Å². The Morgan fingerprint density at radius 1 is 1.67 bits per heavy atom. The first-order chi connectivity index (χ1) is 5.65. The summed E-state index contributed by atoms with van der Waals surface area (Å²) in [6, 6.07) is 4.39. The second-order valence-electron chi connectivity index (χ2n) is 1.88. The van der Waals surface area contributed by atoms with E-state index >= 15 is 0 Å². The molecule has 0 fully saturated rings. The molecular formula is C6H2IN3O2. The van der Waals surface area contributed by atoms with Crippen LogP contribution in [0.15, 0.2) is 12.1 Å². The van der Waals surface area contributed by atoms with Crippen molar-refractivity contribution in [3.8, 4) is 6.07 Å². The van der Waals surface area contributed by atoms with Crippen molar-refractivity contribution >= 4 is 28.3 Å². The van der Waals surface area contributed by atoms with Crippen molar-refractivity contribution in [2.75, 3.05) is 0 Å². The monoisotopic (exact) mass is 275 g/mol. The van der Waals surface area contributed by atoms with E-state index < -0.39 is 4.92 Å². The summed E-state index contributed by atoms with van der Waals surface area (Å²) < 4.78 is 0.233. The van der Waals surface area contributed by atoms with Crippen LogP contribution in [-0.4, -0.2) is 9.91 Å². The average Bonchev–Trinajstić information content (AvgIpc) is 2.03. The SMILES string of the molecule is N#Cc1ccc([N+](=O)[O-])c(I)n1. The van der Waals surface area contributed by atoms with E-state index in [-0.39, 0.29) is 15.1 Å². The Labute approximate surface area is 81.3 Å². The van der Waals surface area contributed by atoms with Crippen LogP contribution in [0.1, 0.15) is 5.69 Å². The van der Waals surface area contributed by atoms with Crippen molar-refractivity contribution in [1.82, 2.24) is 4.98 Å². The third-order valence-electron chi connectivity index (χ3n) is 1.14. The number of nitro groups is 1. The number of aromatic nitrogens is 1. The van der Waals surface area contributed by atoms with Gasteiger partial charge in [-0.3, -0.25) is 10.1 Å². The van der Waals surface area contributed by atoms with Crippen molar-refractivity contribution < 1.29 is 4.92 Å². The van der Waals surface area contributed by atoms with Crippen LogP contribution in [0.25, 0.3) is 0 Å². The van der Waals surface area contributed by atoms with Gasteiger partial charge in [0.1, 0.15) is 11.8 Å². The first-order valence-electron chi connectivity index (χ1n) is 2.86. The number of nitriles is 1. The van der Waals surface area contributed by atoms with Gasteiger partial charge in [-0.2, -0.15) is 5.26 Å². The fourth-order valence-electron chi connectivity index (χ4n) is 0.625. The van der Waals surface area contributed by atoms with Crippen molar-refractivity contribution in [2.24, 2.45) is 0 Å². The van der Waals surface area contributed by atoms with E-state index in [9.17, 15) is 10.1 Å². The maximum atomic E-state index is 10.3. The molecule has 0 spiro atoms. The fraction of sp³-hybridized carbons (Fsp3) is 0. The number of hydrogen-bond acceptors (Lipinski definition) is 4. The molecule has 0 N–H and O–H groups in total. The summed E-state index contributed by atoms with van der Waals surface area (Å²) in [7, 11) is 0. The molecule has 0 amide bonds. The molecule has 0 aliphatic carbocycles. The molecule has 0 aliphatic heterocycles. The summed E-state index contributed by atoms with van der Waals surface area (Å²) in [6.07, 6.45) is 0. The number of halogens is 1. The lowest BCUT2D eigenvalue weighted by Crippen LogP contribution is -1.95. The highest BCUT2D eigenvalue weighted by molar-refractivity contribution is 14.1. The smallest absolute Gasteiger partial charge is 0.258 e. The molecule has 5 nitrogen and oxygen atoms in total. The van der Waals surface area contributed by atoms with E-state index in [4.69, 9.17) is 5.26 Å². The van der Waals surface area contributed by atoms with Gasteiger partial charge in [0.15, 0.2) is 3.70 Å². The highest BCUT2D eigenvalue weighted by atomic mass is 127. The average molecular weight is 275 g/mol. The minimum absolute atomic E-state index is 0.0744. The second kappa shape index (κ2) is 3.44. The van der Waals surface area contributed by atoms with E-state index in [1.165, 1.54) is 12.1 Å². The molecule has 0 bridgehead atoms. The van der Waals surface area contributed by atoms with Crippen molar-refractivity contribution in [3.63, 3.8) is 0 Å². The van der Waals surface area contributed by atoms with Crippen LogP contribution in [0.3, 0.4) is 0 Å². The molecule has 0 aromatic carbocycles. The topological polar surface area (TPSA) is 79.8 Å². The molecule has 6 heteroatoms. The predicted molar refractivity (Wildman–Crippen MR) is 48.3 cm³/mol. The molecule has 0 radical (unpaired) electrons. The van der Waals surface area contributed by atoms with Crippen LogP contribution in [0.2, 0.25) is 0 Å². The number of nitrogens with zero attached hydrogens (tertiary/aromatic N) is 3. The zero-order chi connectivity index (χ0) is 9.14. The molecule has 0 saturated carbocycles. The Kier molecular flexibility index (Phi) is 2.54. The fourth-order valence-corrected chi connectivity index (χ4v) is 1.26. The second-order valence-corrected chi connectivity index (χ2v) is 2.90. The van der Waals surface area contributed by atoms with Crippen molar-refractivity contribution in [3.05, 3.63) is 31.6 Å². The van der Waals surface area contributed by atoms with E-state index in [0.717, 1.165) is 0 Å². The van der Waals surface area contributed by atoms with Gasteiger partial charge in [-0.15, -0.1) is 0 Å². The van der Waals surface area contributed by atoms with Crippen LogP contribution in [0.4, 0.5) is 5.69 Å². The molecule has 0 aliphatic rings. The van der Waals surface area contributed by atoms with Crippen LogP contribution in [0, 0.1) is 25.1 Å². The lowest BCUT2D eigenvalue weighted by molar-refractivity contribution is -0.386. The van der Waals surface area contributed by atoms with Crippen molar-refractivity contribution in [1.29, 1.82) is 5.26 Å².